The van der Waals surface area contributed by atoms with Gasteiger partial charge in [0.15, 0.2) is 0 Å². The van der Waals surface area contributed by atoms with Crippen molar-refractivity contribution in [1.29, 1.82) is 0 Å². The SMILES string of the molecule is Nc1nc(N)c(-c2cnc3ccc(O)cc3c2)c(-c2cnc3ccc(O)cc3c2)n1. The molecule has 8 heteroatoms. The summed E-state index contributed by atoms with van der Waals surface area (Å²) in [7, 11) is 0. The highest BCUT2D eigenvalue weighted by Crippen LogP contribution is 2.36. The summed E-state index contributed by atoms with van der Waals surface area (Å²) >= 11 is 0. The molecule has 0 amide bonds. The van der Waals surface area contributed by atoms with Gasteiger partial charge in [-0.15, -0.1) is 0 Å². The molecule has 0 radical (unpaired) electrons. The summed E-state index contributed by atoms with van der Waals surface area (Å²) in [6.45, 7) is 0. The molecule has 0 fully saturated rings. The van der Waals surface area contributed by atoms with Gasteiger partial charge in [0.1, 0.15) is 17.3 Å². The normalized spacial score (nSPS) is 11.2. The van der Waals surface area contributed by atoms with Crippen molar-refractivity contribution in [2.45, 2.75) is 0 Å². The molecule has 0 aliphatic heterocycles. The van der Waals surface area contributed by atoms with Gasteiger partial charge in [-0.3, -0.25) is 9.97 Å². The van der Waals surface area contributed by atoms with E-state index in [1.54, 1.807) is 48.8 Å². The molecule has 5 aromatic rings. The average molecular weight is 396 g/mol. The van der Waals surface area contributed by atoms with Crippen molar-refractivity contribution >= 4 is 33.6 Å². The number of phenolic OH excluding ortho intramolecular Hbond substituents is 2. The molecule has 2 aromatic carbocycles. The minimum Gasteiger partial charge on any atom is -0.508 e. The van der Waals surface area contributed by atoms with Gasteiger partial charge in [-0.05, 0) is 48.5 Å². The fourth-order valence-corrected chi connectivity index (χ4v) is 3.49. The van der Waals surface area contributed by atoms with E-state index in [4.69, 9.17) is 11.5 Å². The predicted octanol–water partition coefficient (Wildman–Crippen LogP) is 3.48. The van der Waals surface area contributed by atoms with Crippen LogP contribution in [0.3, 0.4) is 0 Å². The minimum absolute atomic E-state index is 0.0358. The van der Waals surface area contributed by atoms with Crippen LogP contribution in [0.4, 0.5) is 11.8 Å². The summed E-state index contributed by atoms with van der Waals surface area (Å²) in [5.74, 6) is 0.520. The van der Waals surface area contributed by atoms with E-state index in [1.807, 2.05) is 12.1 Å². The van der Waals surface area contributed by atoms with Crippen LogP contribution in [-0.2, 0) is 0 Å². The molecule has 146 valence electrons. The molecule has 3 aromatic heterocycles. The van der Waals surface area contributed by atoms with Crippen LogP contribution in [0.1, 0.15) is 0 Å². The van der Waals surface area contributed by atoms with Gasteiger partial charge in [-0.2, -0.15) is 4.98 Å². The van der Waals surface area contributed by atoms with Crippen molar-refractivity contribution in [3.63, 3.8) is 0 Å². The Balaban J connectivity index is 1.76. The van der Waals surface area contributed by atoms with Crippen LogP contribution >= 0.6 is 0 Å². The highest BCUT2D eigenvalue weighted by molar-refractivity contribution is 5.94. The number of nitrogens with two attached hydrogens (primary N) is 2. The number of aromatic nitrogens is 4. The largest absolute Gasteiger partial charge is 0.508 e. The fourth-order valence-electron chi connectivity index (χ4n) is 3.49. The maximum absolute atomic E-state index is 9.82. The van der Waals surface area contributed by atoms with Crippen LogP contribution in [-0.4, -0.2) is 30.1 Å². The average Bonchev–Trinajstić information content (AvgIpc) is 2.72. The van der Waals surface area contributed by atoms with Gasteiger partial charge in [0, 0.05) is 34.3 Å². The van der Waals surface area contributed by atoms with E-state index < -0.39 is 0 Å². The summed E-state index contributed by atoms with van der Waals surface area (Å²) < 4.78 is 0. The van der Waals surface area contributed by atoms with Crippen molar-refractivity contribution in [3.05, 3.63) is 60.9 Å². The van der Waals surface area contributed by atoms with Crippen LogP contribution in [0.25, 0.3) is 44.2 Å². The monoisotopic (exact) mass is 396 g/mol. The van der Waals surface area contributed by atoms with Gasteiger partial charge < -0.3 is 21.7 Å². The number of fused-ring (bicyclic) bond motifs is 2. The number of rotatable bonds is 2. The zero-order valence-corrected chi connectivity index (χ0v) is 15.6. The molecule has 0 atom stereocenters. The van der Waals surface area contributed by atoms with E-state index in [2.05, 4.69) is 19.9 Å². The second kappa shape index (κ2) is 6.56. The van der Waals surface area contributed by atoms with Gasteiger partial charge in [0.2, 0.25) is 5.95 Å². The van der Waals surface area contributed by atoms with Gasteiger partial charge >= 0.3 is 0 Å². The summed E-state index contributed by atoms with van der Waals surface area (Å²) in [4.78, 5) is 17.4. The third kappa shape index (κ3) is 2.96. The van der Waals surface area contributed by atoms with Crippen LogP contribution in [0.5, 0.6) is 11.5 Å². The minimum atomic E-state index is 0.0358. The first kappa shape index (κ1) is 17.6. The van der Waals surface area contributed by atoms with E-state index in [0.29, 0.717) is 22.4 Å². The van der Waals surface area contributed by atoms with Crippen LogP contribution in [0.15, 0.2) is 60.9 Å². The molecule has 0 aliphatic carbocycles. The van der Waals surface area contributed by atoms with Crippen LogP contribution < -0.4 is 11.5 Å². The Morgan fingerprint density at radius 1 is 0.667 bits per heavy atom. The smallest absolute Gasteiger partial charge is 0.222 e. The van der Waals surface area contributed by atoms with Gasteiger partial charge in [0.25, 0.3) is 0 Å². The molecule has 3 heterocycles. The molecule has 30 heavy (non-hydrogen) atoms. The summed E-state index contributed by atoms with van der Waals surface area (Å²) in [6, 6.07) is 13.6. The fraction of sp³-hybridized carbons (Fsp3) is 0. The highest BCUT2D eigenvalue weighted by Gasteiger charge is 2.17. The zero-order valence-electron chi connectivity index (χ0n) is 15.6. The number of nitrogens with zero attached hydrogens (tertiary/aromatic N) is 4. The Morgan fingerprint density at radius 2 is 1.23 bits per heavy atom. The molecular weight excluding hydrogens is 380 g/mol. The molecule has 0 aliphatic rings. The first-order valence-corrected chi connectivity index (χ1v) is 9.09. The van der Waals surface area contributed by atoms with Crippen molar-refractivity contribution in [1.82, 2.24) is 19.9 Å². The summed E-state index contributed by atoms with van der Waals surface area (Å²) in [5, 5.41) is 21.1. The van der Waals surface area contributed by atoms with E-state index in [0.717, 1.165) is 21.8 Å². The van der Waals surface area contributed by atoms with E-state index in [-0.39, 0.29) is 23.3 Å². The second-order valence-corrected chi connectivity index (χ2v) is 6.89. The van der Waals surface area contributed by atoms with Crippen molar-refractivity contribution < 1.29 is 10.2 Å². The van der Waals surface area contributed by atoms with Crippen molar-refractivity contribution in [3.8, 4) is 33.9 Å². The standard InChI is InChI=1S/C22H16N6O2/c23-21-19(13-5-11-7-15(29)1-3-17(11)25-9-13)20(27-22(24)28-21)14-6-12-8-16(30)2-4-18(12)26-10-14/h1-10,29-30H,(H4,23,24,27,28). The number of anilines is 2. The number of phenols is 2. The van der Waals surface area contributed by atoms with E-state index in [9.17, 15) is 10.2 Å². The molecule has 0 saturated heterocycles. The molecule has 0 spiro atoms. The van der Waals surface area contributed by atoms with E-state index >= 15 is 0 Å². The van der Waals surface area contributed by atoms with Crippen molar-refractivity contribution in [2.75, 3.05) is 11.5 Å². The summed E-state index contributed by atoms with van der Waals surface area (Å²) in [6.07, 6.45) is 3.35. The molecule has 0 unspecified atom stereocenters. The first-order valence-electron chi connectivity index (χ1n) is 9.09. The Labute approximate surface area is 170 Å². The Hall–Kier alpha value is -4.46. The first-order chi connectivity index (χ1) is 14.5. The highest BCUT2D eigenvalue weighted by atomic mass is 16.3. The van der Waals surface area contributed by atoms with Gasteiger partial charge in [-0.25, -0.2) is 4.98 Å². The molecule has 5 rings (SSSR count). The van der Waals surface area contributed by atoms with Crippen LogP contribution in [0, 0.1) is 0 Å². The zero-order chi connectivity index (χ0) is 20.8. The lowest BCUT2D eigenvalue weighted by atomic mass is 9.99. The van der Waals surface area contributed by atoms with Crippen LogP contribution in [0.2, 0.25) is 0 Å². The third-order valence-electron chi connectivity index (χ3n) is 4.85. The maximum atomic E-state index is 9.82. The Morgan fingerprint density at radius 3 is 1.87 bits per heavy atom. The molecule has 0 bridgehead atoms. The number of benzene rings is 2. The number of hydrogen-bond acceptors (Lipinski definition) is 8. The molecular formula is C22H16N6O2. The summed E-state index contributed by atoms with van der Waals surface area (Å²) in [5.41, 5.74) is 16.0. The molecule has 0 saturated carbocycles. The lowest BCUT2D eigenvalue weighted by molar-refractivity contribution is 0.475. The molecule has 6 N–H and O–H groups in total. The molecule has 8 nitrogen and oxygen atoms in total. The quantitative estimate of drug-likeness (QED) is 0.355. The van der Waals surface area contributed by atoms with Crippen molar-refractivity contribution in [2.24, 2.45) is 0 Å². The maximum Gasteiger partial charge on any atom is 0.222 e. The topological polar surface area (TPSA) is 144 Å². The Kier molecular flexibility index (Phi) is 3.85. The Bertz CT molecular complexity index is 1450. The van der Waals surface area contributed by atoms with Gasteiger partial charge in [0.05, 0.1) is 22.3 Å². The third-order valence-corrected chi connectivity index (χ3v) is 4.85. The number of hydrogen-bond donors (Lipinski definition) is 4. The van der Waals surface area contributed by atoms with Gasteiger partial charge in [-0.1, -0.05) is 0 Å². The van der Waals surface area contributed by atoms with E-state index in [1.165, 1.54) is 0 Å². The number of nitrogen functional groups attached to an aromatic ring is 2. The number of pyridine rings is 2. The second-order valence-electron chi connectivity index (χ2n) is 6.89. The number of aromatic hydroxyl groups is 2. The predicted molar refractivity (Wildman–Crippen MR) is 116 cm³/mol. The lowest BCUT2D eigenvalue weighted by Crippen LogP contribution is -2.05. The lowest BCUT2D eigenvalue weighted by Gasteiger charge is -2.13.